The lowest BCUT2D eigenvalue weighted by Crippen LogP contribution is -2.56. The summed E-state index contributed by atoms with van der Waals surface area (Å²) in [5.74, 6) is 0.779. The molecule has 1 atom stereocenters. The number of amides is 3. The fourth-order valence-corrected chi connectivity index (χ4v) is 3.82. The molecule has 1 saturated heterocycles. The summed E-state index contributed by atoms with van der Waals surface area (Å²) < 4.78 is 8.35. The first-order valence-corrected chi connectivity index (χ1v) is 9.52. The third-order valence-electron chi connectivity index (χ3n) is 5.34. The molecule has 1 aromatic heterocycles. The van der Waals surface area contributed by atoms with E-state index in [1.165, 1.54) is 0 Å². The zero-order valence-corrected chi connectivity index (χ0v) is 15.4. The van der Waals surface area contributed by atoms with E-state index in [4.69, 9.17) is 4.74 Å². The highest BCUT2D eigenvalue weighted by atomic mass is 16.5. The fraction of sp³-hybridized carbons (Fsp3) is 0.722. The Morgan fingerprint density at radius 1 is 1.31 bits per heavy atom. The minimum Gasteiger partial charge on any atom is -0.352 e. The Labute approximate surface area is 153 Å². The van der Waals surface area contributed by atoms with Crippen molar-refractivity contribution in [1.82, 2.24) is 25.1 Å². The Hall–Kier alpha value is -2.09. The van der Waals surface area contributed by atoms with E-state index in [9.17, 15) is 9.59 Å². The number of carbonyl (C=O) groups is 2. The lowest BCUT2D eigenvalue weighted by atomic mass is 9.88. The number of hydrogen-bond donors (Lipinski definition) is 2. The van der Waals surface area contributed by atoms with E-state index in [0.29, 0.717) is 38.5 Å². The van der Waals surface area contributed by atoms with Gasteiger partial charge in [0.2, 0.25) is 0 Å². The summed E-state index contributed by atoms with van der Waals surface area (Å²) in [6.07, 6.45) is 6.58. The van der Waals surface area contributed by atoms with Crippen LogP contribution in [0.5, 0.6) is 0 Å². The van der Waals surface area contributed by atoms with Crippen molar-refractivity contribution in [1.29, 1.82) is 0 Å². The first kappa shape index (κ1) is 17.3. The van der Waals surface area contributed by atoms with Crippen LogP contribution in [0.2, 0.25) is 0 Å². The Balaban J connectivity index is 1.48. The number of piperidine rings is 1. The monoisotopic (exact) mass is 361 g/mol. The van der Waals surface area contributed by atoms with Gasteiger partial charge in [0.1, 0.15) is 11.4 Å². The van der Waals surface area contributed by atoms with Gasteiger partial charge in [0.15, 0.2) is 6.10 Å². The van der Waals surface area contributed by atoms with Crippen LogP contribution in [0, 0.1) is 0 Å². The van der Waals surface area contributed by atoms with Gasteiger partial charge in [0.25, 0.3) is 5.91 Å². The molecule has 1 saturated carbocycles. The lowest BCUT2D eigenvalue weighted by molar-refractivity contribution is -0.172. The molecule has 2 N–H and O–H groups in total. The number of carbonyl (C=O) groups excluding carboxylic acids is 2. The number of hydrogen-bond acceptors (Lipinski definition) is 4. The van der Waals surface area contributed by atoms with E-state index in [2.05, 4.69) is 15.6 Å². The highest BCUT2D eigenvalue weighted by Crippen LogP contribution is 2.40. The van der Waals surface area contributed by atoms with Crippen molar-refractivity contribution in [3.63, 3.8) is 0 Å². The summed E-state index contributed by atoms with van der Waals surface area (Å²) >= 11 is 0. The molecule has 0 bridgehead atoms. The van der Waals surface area contributed by atoms with Crippen LogP contribution in [-0.4, -0.2) is 57.7 Å². The summed E-state index contributed by atoms with van der Waals surface area (Å²) in [5.41, 5.74) is -0.600. The van der Waals surface area contributed by atoms with E-state index in [-0.39, 0.29) is 18.0 Å². The quantitative estimate of drug-likeness (QED) is 0.840. The summed E-state index contributed by atoms with van der Waals surface area (Å²) in [4.78, 5) is 31.2. The van der Waals surface area contributed by atoms with Crippen LogP contribution in [0.15, 0.2) is 12.4 Å². The van der Waals surface area contributed by atoms with Gasteiger partial charge in [-0.05, 0) is 26.7 Å². The molecule has 3 amide bonds. The van der Waals surface area contributed by atoms with Gasteiger partial charge in [0, 0.05) is 50.4 Å². The second kappa shape index (κ2) is 6.57. The molecule has 142 valence electrons. The number of aromatic nitrogens is 2. The Morgan fingerprint density at radius 2 is 2.04 bits per heavy atom. The minimum atomic E-state index is -0.600. The van der Waals surface area contributed by atoms with Gasteiger partial charge in [-0.25, -0.2) is 9.78 Å². The zero-order chi connectivity index (χ0) is 18.3. The molecule has 1 spiro atoms. The number of rotatable bonds is 3. The van der Waals surface area contributed by atoms with Crippen LogP contribution < -0.4 is 10.6 Å². The van der Waals surface area contributed by atoms with E-state index >= 15 is 0 Å². The average molecular weight is 361 g/mol. The molecule has 8 nitrogen and oxygen atoms in total. The van der Waals surface area contributed by atoms with Gasteiger partial charge in [-0.1, -0.05) is 0 Å². The molecule has 2 fully saturated rings. The van der Waals surface area contributed by atoms with Gasteiger partial charge in [-0.2, -0.15) is 0 Å². The highest BCUT2D eigenvalue weighted by Gasteiger charge is 2.47. The van der Waals surface area contributed by atoms with Crippen molar-refractivity contribution in [3.8, 4) is 0 Å². The molecule has 2 aliphatic heterocycles. The third kappa shape index (κ3) is 3.30. The first-order valence-electron chi connectivity index (χ1n) is 9.52. The summed E-state index contributed by atoms with van der Waals surface area (Å²) in [6, 6.07) is 0.433. The molecule has 1 aromatic rings. The van der Waals surface area contributed by atoms with Gasteiger partial charge in [0.05, 0.1) is 6.54 Å². The molecule has 3 aliphatic rings. The smallest absolute Gasteiger partial charge is 0.317 e. The SMILES string of the molecule is CC(C)NC(=O)[C@@H]1Cn2ccnc2C2(CCN(C(=O)NC3CC3)CC2)O1. The molecular formula is C18H27N5O3. The number of nitrogens with zero attached hydrogens (tertiary/aromatic N) is 3. The average Bonchev–Trinajstić information content (AvgIpc) is 3.27. The van der Waals surface area contributed by atoms with Crippen LogP contribution in [0.4, 0.5) is 4.79 Å². The van der Waals surface area contributed by atoms with Crippen molar-refractivity contribution >= 4 is 11.9 Å². The number of fused-ring (bicyclic) bond motifs is 2. The standard InChI is InChI=1S/C18H27N5O3/c1-12(2)20-15(24)14-11-23-10-7-19-16(23)18(26-14)5-8-22(9-6-18)17(25)21-13-3-4-13/h7,10,12-14H,3-6,8-9,11H2,1-2H3,(H,20,24)(H,21,25)/t14-/m0/s1. The maximum Gasteiger partial charge on any atom is 0.317 e. The van der Waals surface area contributed by atoms with Crippen molar-refractivity contribution in [2.24, 2.45) is 0 Å². The molecule has 0 unspecified atom stereocenters. The number of ether oxygens (including phenoxy) is 1. The first-order chi connectivity index (χ1) is 12.5. The topological polar surface area (TPSA) is 88.5 Å². The molecular weight excluding hydrogens is 334 g/mol. The Kier molecular flexibility index (Phi) is 4.38. The molecule has 1 aliphatic carbocycles. The van der Waals surface area contributed by atoms with E-state index in [0.717, 1.165) is 18.7 Å². The number of nitrogens with one attached hydrogen (secondary N) is 2. The largest absolute Gasteiger partial charge is 0.352 e. The molecule has 0 aromatic carbocycles. The van der Waals surface area contributed by atoms with Crippen molar-refractivity contribution in [2.45, 2.75) is 69.9 Å². The molecule has 8 heteroatoms. The van der Waals surface area contributed by atoms with Crippen LogP contribution in [-0.2, 0) is 21.7 Å². The van der Waals surface area contributed by atoms with E-state index < -0.39 is 11.7 Å². The summed E-state index contributed by atoms with van der Waals surface area (Å²) in [7, 11) is 0. The molecule has 0 radical (unpaired) electrons. The van der Waals surface area contributed by atoms with Gasteiger partial charge in [-0.15, -0.1) is 0 Å². The van der Waals surface area contributed by atoms with Crippen LogP contribution >= 0.6 is 0 Å². The maximum absolute atomic E-state index is 12.5. The van der Waals surface area contributed by atoms with Crippen LogP contribution in [0.25, 0.3) is 0 Å². The van der Waals surface area contributed by atoms with Gasteiger partial charge < -0.3 is 24.8 Å². The molecule has 4 rings (SSSR count). The van der Waals surface area contributed by atoms with Gasteiger partial charge >= 0.3 is 6.03 Å². The second-order valence-corrected chi connectivity index (χ2v) is 7.88. The fourth-order valence-electron chi connectivity index (χ4n) is 3.82. The number of urea groups is 1. The lowest BCUT2D eigenvalue weighted by Gasteiger charge is -2.45. The van der Waals surface area contributed by atoms with Crippen molar-refractivity contribution in [3.05, 3.63) is 18.2 Å². The maximum atomic E-state index is 12.5. The normalized spacial score (nSPS) is 24.4. The minimum absolute atomic E-state index is 0.00982. The third-order valence-corrected chi connectivity index (χ3v) is 5.34. The van der Waals surface area contributed by atoms with Gasteiger partial charge in [-0.3, -0.25) is 4.79 Å². The van der Waals surface area contributed by atoms with E-state index in [1.807, 2.05) is 29.5 Å². The Bertz CT molecular complexity index is 689. The molecule has 3 heterocycles. The zero-order valence-electron chi connectivity index (χ0n) is 15.4. The number of likely N-dealkylation sites (tertiary alicyclic amines) is 1. The molecule has 26 heavy (non-hydrogen) atoms. The van der Waals surface area contributed by atoms with Crippen LogP contribution in [0.1, 0.15) is 45.4 Å². The predicted molar refractivity (Wildman–Crippen MR) is 94.4 cm³/mol. The van der Waals surface area contributed by atoms with E-state index in [1.54, 1.807) is 6.20 Å². The summed E-state index contributed by atoms with van der Waals surface area (Å²) in [6.45, 7) is 5.56. The van der Waals surface area contributed by atoms with Crippen LogP contribution in [0.3, 0.4) is 0 Å². The van der Waals surface area contributed by atoms with Crippen molar-refractivity contribution < 1.29 is 14.3 Å². The summed E-state index contributed by atoms with van der Waals surface area (Å²) in [5, 5.41) is 5.98. The predicted octanol–water partition coefficient (Wildman–Crippen LogP) is 0.970. The highest BCUT2D eigenvalue weighted by molar-refractivity contribution is 5.81. The second-order valence-electron chi connectivity index (χ2n) is 7.88. The Morgan fingerprint density at radius 3 is 2.69 bits per heavy atom. The van der Waals surface area contributed by atoms with Crippen molar-refractivity contribution in [2.75, 3.05) is 13.1 Å². The number of imidazole rings is 1.